The first kappa shape index (κ1) is 25.9. The van der Waals surface area contributed by atoms with E-state index in [-0.39, 0.29) is 30.5 Å². The standard InChI is InChI=1S/C24H40N2O4/c1-5-7-9-11-15-20(3)25(21(4)16-12-10-8-6-2)24(27)30-19-22-17-13-14-18-23(22)26(28)29/h13-14,17-18,20-21H,5-12,15-16,19H2,1-4H3. The van der Waals surface area contributed by atoms with Crippen molar-refractivity contribution in [3.05, 3.63) is 39.9 Å². The van der Waals surface area contributed by atoms with Gasteiger partial charge in [0, 0.05) is 18.2 Å². The Kier molecular flexibility index (Phi) is 12.8. The van der Waals surface area contributed by atoms with Gasteiger partial charge in [0.25, 0.3) is 5.69 Å². The summed E-state index contributed by atoms with van der Waals surface area (Å²) in [7, 11) is 0. The first-order chi connectivity index (χ1) is 14.4. The Morgan fingerprint density at radius 2 is 1.50 bits per heavy atom. The maximum absolute atomic E-state index is 13.0. The van der Waals surface area contributed by atoms with Crippen LogP contribution in [0, 0.1) is 10.1 Å². The van der Waals surface area contributed by atoms with Crippen molar-refractivity contribution in [3.63, 3.8) is 0 Å². The van der Waals surface area contributed by atoms with E-state index in [0.717, 1.165) is 25.7 Å². The van der Waals surface area contributed by atoms with Crippen LogP contribution in [0.1, 0.15) is 97.5 Å². The number of carbonyl (C=O) groups is 1. The number of hydrogen-bond acceptors (Lipinski definition) is 4. The van der Waals surface area contributed by atoms with E-state index >= 15 is 0 Å². The number of hydrogen-bond donors (Lipinski definition) is 0. The quantitative estimate of drug-likeness (QED) is 0.170. The first-order valence-electron chi connectivity index (χ1n) is 11.6. The number of rotatable bonds is 15. The monoisotopic (exact) mass is 420 g/mol. The van der Waals surface area contributed by atoms with Crippen LogP contribution in [0.4, 0.5) is 10.5 Å². The van der Waals surface area contributed by atoms with E-state index in [2.05, 4.69) is 27.7 Å². The summed E-state index contributed by atoms with van der Waals surface area (Å²) in [5.41, 5.74) is 0.402. The topological polar surface area (TPSA) is 72.7 Å². The molecular formula is C24H40N2O4. The van der Waals surface area contributed by atoms with Crippen molar-refractivity contribution in [2.45, 2.75) is 111 Å². The van der Waals surface area contributed by atoms with Crippen LogP contribution in [0.15, 0.2) is 24.3 Å². The molecule has 0 aromatic heterocycles. The molecule has 170 valence electrons. The summed E-state index contributed by atoms with van der Waals surface area (Å²) in [6.45, 7) is 8.46. The van der Waals surface area contributed by atoms with Gasteiger partial charge in [0.15, 0.2) is 0 Å². The molecule has 0 saturated carbocycles. The smallest absolute Gasteiger partial charge is 0.410 e. The Morgan fingerprint density at radius 3 is 2.00 bits per heavy atom. The largest absolute Gasteiger partial charge is 0.444 e. The molecule has 2 atom stereocenters. The highest BCUT2D eigenvalue weighted by Gasteiger charge is 2.27. The van der Waals surface area contributed by atoms with E-state index in [9.17, 15) is 14.9 Å². The predicted octanol–water partition coefficient (Wildman–Crippen LogP) is 7.25. The molecule has 0 heterocycles. The number of unbranched alkanes of at least 4 members (excludes halogenated alkanes) is 6. The second-order valence-electron chi connectivity index (χ2n) is 8.24. The number of para-hydroxylation sites is 1. The van der Waals surface area contributed by atoms with Crippen molar-refractivity contribution in [3.8, 4) is 0 Å². The zero-order valence-electron chi connectivity index (χ0n) is 19.3. The molecule has 1 amide bonds. The fourth-order valence-corrected chi connectivity index (χ4v) is 3.83. The Hall–Kier alpha value is -2.11. The van der Waals surface area contributed by atoms with Gasteiger partial charge in [-0.1, -0.05) is 77.3 Å². The molecule has 0 radical (unpaired) electrons. The van der Waals surface area contributed by atoms with Crippen molar-refractivity contribution in [2.75, 3.05) is 0 Å². The maximum Gasteiger partial charge on any atom is 0.410 e. The Bertz CT molecular complexity index is 617. The van der Waals surface area contributed by atoms with E-state index in [1.807, 2.05) is 4.90 Å². The lowest BCUT2D eigenvalue weighted by atomic mass is 10.0. The predicted molar refractivity (Wildman–Crippen MR) is 122 cm³/mol. The van der Waals surface area contributed by atoms with Gasteiger partial charge < -0.3 is 9.64 Å². The lowest BCUT2D eigenvalue weighted by Crippen LogP contribution is -2.45. The molecule has 1 aromatic carbocycles. The average molecular weight is 421 g/mol. The normalized spacial score (nSPS) is 12.9. The number of amides is 1. The van der Waals surface area contributed by atoms with Gasteiger partial charge >= 0.3 is 6.09 Å². The summed E-state index contributed by atoms with van der Waals surface area (Å²) in [5.74, 6) is 0. The molecule has 2 unspecified atom stereocenters. The minimum absolute atomic E-state index is 0.0166. The zero-order chi connectivity index (χ0) is 22.4. The van der Waals surface area contributed by atoms with Gasteiger partial charge in [-0.25, -0.2) is 4.79 Å². The number of benzene rings is 1. The molecule has 0 aliphatic rings. The van der Waals surface area contributed by atoms with Crippen LogP contribution < -0.4 is 0 Å². The molecule has 0 fully saturated rings. The van der Waals surface area contributed by atoms with Crippen molar-refractivity contribution in [1.29, 1.82) is 0 Å². The van der Waals surface area contributed by atoms with Crippen LogP contribution in [0.2, 0.25) is 0 Å². The van der Waals surface area contributed by atoms with Crippen LogP contribution in [-0.2, 0) is 11.3 Å². The molecule has 0 spiro atoms. The molecule has 30 heavy (non-hydrogen) atoms. The molecule has 0 N–H and O–H groups in total. The summed E-state index contributed by atoms with van der Waals surface area (Å²) >= 11 is 0. The van der Waals surface area contributed by atoms with Gasteiger partial charge in [-0.2, -0.15) is 0 Å². The fraction of sp³-hybridized carbons (Fsp3) is 0.708. The molecular weight excluding hydrogens is 380 g/mol. The molecule has 1 rings (SSSR count). The third-order valence-electron chi connectivity index (χ3n) is 5.65. The molecule has 0 saturated heterocycles. The van der Waals surface area contributed by atoms with Gasteiger partial charge in [0.1, 0.15) is 6.61 Å². The van der Waals surface area contributed by atoms with Crippen molar-refractivity contribution in [1.82, 2.24) is 4.90 Å². The second-order valence-corrected chi connectivity index (χ2v) is 8.24. The summed E-state index contributed by atoms with van der Waals surface area (Å²) in [6.07, 6.45) is 10.8. The number of nitrogens with zero attached hydrogens (tertiary/aromatic N) is 2. The number of ether oxygens (including phenoxy) is 1. The van der Waals surface area contributed by atoms with Crippen LogP contribution >= 0.6 is 0 Å². The highest BCUT2D eigenvalue weighted by molar-refractivity contribution is 5.68. The molecule has 6 nitrogen and oxygen atoms in total. The van der Waals surface area contributed by atoms with E-state index in [4.69, 9.17) is 4.74 Å². The lowest BCUT2D eigenvalue weighted by molar-refractivity contribution is -0.385. The van der Waals surface area contributed by atoms with Gasteiger partial charge in [0.05, 0.1) is 10.5 Å². The van der Waals surface area contributed by atoms with E-state index in [1.165, 1.54) is 44.6 Å². The van der Waals surface area contributed by atoms with E-state index < -0.39 is 4.92 Å². The fourth-order valence-electron chi connectivity index (χ4n) is 3.83. The molecule has 0 aliphatic heterocycles. The first-order valence-corrected chi connectivity index (χ1v) is 11.6. The Balaban J connectivity index is 2.78. The summed E-state index contributed by atoms with van der Waals surface area (Å²) < 4.78 is 5.56. The van der Waals surface area contributed by atoms with Crippen molar-refractivity contribution in [2.24, 2.45) is 0 Å². The van der Waals surface area contributed by atoms with Gasteiger partial charge in [0.2, 0.25) is 0 Å². The van der Waals surface area contributed by atoms with E-state index in [1.54, 1.807) is 18.2 Å². The highest BCUT2D eigenvalue weighted by Crippen LogP contribution is 2.22. The Labute approximate surface area is 182 Å². The molecule has 1 aromatic rings. The SMILES string of the molecule is CCCCCCC(C)N(C(=O)OCc1ccccc1[N+](=O)[O-])C(C)CCCCCC. The number of nitro benzene ring substituents is 1. The van der Waals surface area contributed by atoms with Crippen molar-refractivity contribution >= 4 is 11.8 Å². The molecule has 0 aliphatic carbocycles. The second kappa shape index (κ2) is 14.8. The summed E-state index contributed by atoms with van der Waals surface area (Å²) in [4.78, 5) is 25.6. The minimum atomic E-state index is -0.437. The van der Waals surface area contributed by atoms with Crippen LogP contribution in [0.3, 0.4) is 0 Å². The molecule has 6 heteroatoms. The summed E-state index contributed by atoms with van der Waals surface area (Å²) in [6, 6.07) is 6.58. The maximum atomic E-state index is 13.0. The van der Waals surface area contributed by atoms with Crippen LogP contribution in [0.25, 0.3) is 0 Å². The number of carbonyl (C=O) groups excluding carboxylic acids is 1. The van der Waals surface area contributed by atoms with Gasteiger partial charge in [-0.05, 0) is 32.8 Å². The van der Waals surface area contributed by atoms with Gasteiger partial charge in [-0.15, -0.1) is 0 Å². The zero-order valence-corrected chi connectivity index (χ0v) is 19.3. The van der Waals surface area contributed by atoms with Crippen LogP contribution in [-0.4, -0.2) is 28.0 Å². The highest BCUT2D eigenvalue weighted by atomic mass is 16.6. The van der Waals surface area contributed by atoms with Gasteiger partial charge in [-0.3, -0.25) is 10.1 Å². The minimum Gasteiger partial charge on any atom is -0.444 e. The number of nitro groups is 1. The van der Waals surface area contributed by atoms with Crippen molar-refractivity contribution < 1.29 is 14.5 Å². The Morgan fingerprint density at radius 1 is 0.967 bits per heavy atom. The summed E-state index contributed by atoms with van der Waals surface area (Å²) in [5, 5.41) is 11.2. The third-order valence-corrected chi connectivity index (χ3v) is 5.65. The van der Waals surface area contributed by atoms with E-state index in [0.29, 0.717) is 5.56 Å². The average Bonchev–Trinajstić information content (AvgIpc) is 2.73. The van der Waals surface area contributed by atoms with Crippen LogP contribution in [0.5, 0.6) is 0 Å². The molecule has 0 bridgehead atoms. The third kappa shape index (κ3) is 9.14. The lowest BCUT2D eigenvalue weighted by Gasteiger charge is -2.34.